The van der Waals surface area contributed by atoms with Gasteiger partial charge in [-0.05, 0) is 35.1 Å². The number of rotatable bonds is 4. The number of nitrogens with zero attached hydrogens (tertiary/aromatic N) is 1. The van der Waals surface area contributed by atoms with Gasteiger partial charge in [-0.1, -0.05) is 30.3 Å². The summed E-state index contributed by atoms with van der Waals surface area (Å²) >= 11 is 1.53. The predicted octanol–water partition coefficient (Wildman–Crippen LogP) is 2.82. The summed E-state index contributed by atoms with van der Waals surface area (Å²) in [6.45, 7) is 0.259. The van der Waals surface area contributed by atoms with Gasteiger partial charge in [0.1, 0.15) is 6.04 Å². The average molecular weight is 363 g/mol. The monoisotopic (exact) mass is 363 g/mol. The van der Waals surface area contributed by atoms with Crippen molar-refractivity contribution in [3.63, 3.8) is 0 Å². The van der Waals surface area contributed by atoms with Crippen LogP contribution in [0.15, 0.2) is 47.2 Å². The third-order valence-corrected chi connectivity index (χ3v) is 6.43. The zero-order valence-corrected chi connectivity index (χ0v) is 14.7. The van der Waals surface area contributed by atoms with Crippen LogP contribution in [0.2, 0.25) is 0 Å². The van der Waals surface area contributed by atoms with E-state index >= 15 is 0 Å². The van der Waals surface area contributed by atoms with Gasteiger partial charge in [-0.2, -0.15) is 4.31 Å². The van der Waals surface area contributed by atoms with E-state index in [2.05, 4.69) is 0 Å². The fraction of sp³-hybridized carbons (Fsp3) is 0.235. The molecule has 126 valence electrons. The minimum atomic E-state index is -3.75. The van der Waals surface area contributed by atoms with Crippen molar-refractivity contribution in [3.05, 3.63) is 63.2 Å². The van der Waals surface area contributed by atoms with Crippen molar-refractivity contribution in [2.45, 2.75) is 12.5 Å². The van der Waals surface area contributed by atoms with Crippen molar-refractivity contribution < 1.29 is 17.9 Å². The molecule has 0 unspecified atom stereocenters. The van der Waals surface area contributed by atoms with Gasteiger partial charge < -0.3 is 4.74 Å². The Morgan fingerprint density at radius 2 is 2.04 bits per heavy atom. The number of fused-ring (bicyclic) bond motifs is 1. The van der Waals surface area contributed by atoms with E-state index in [-0.39, 0.29) is 6.54 Å². The maximum Gasteiger partial charge on any atom is 0.328 e. The molecule has 0 bridgehead atoms. The minimum Gasteiger partial charge on any atom is -0.468 e. The molecule has 1 aromatic carbocycles. The number of hydrogen-bond donors (Lipinski definition) is 0. The first-order chi connectivity index (χ1) is 11.5. The zero-order valence-electron chi connectivity index (χ0n) is 13.1. The Balaban J connectivity index is 1.94. The summed E-state index contributed by atoms with van der Waals surface area (Å²) in [7, 11) is -2.48. The third kappa shape index (κ3) is 3.28. The summed E-state index contributed by atoms with van der Waals surface area (Å²) in [5.74, 6) is -0.564. The lowest BCUT2D eigenvalue weighted by Crippen LogP contribution is -2.42. The first-order valence-electron chi connectivity index (χ1n) is 7.42. The van der Waals surface area contributed by atoms with Crippen molar-refractivity contribution in [1.82, 2.24) is 4.31 Å². The van der Waals surface area contributed by atoms with Crippen LogP contribution in [-0.2, 0) is 26.0 Å². The smallest absolute Gasteiger partial charge is 0.328 e. The van der Waals surface area contributed by atoms with Crippen LogP contribution in [0.1, 0.15) is 22.0 Å². The van der Waals surface area contributed by atoms with E-state index in [0.29, 0.717) is 6.42 Å². The fourth-order valence-corrected chi connectivity index (χ4v) is 4.96. The molecule has 1 aliphatic rings. The Hall–Kier alpha value is -1.96. The van der Waals surface area contributed by atoms with Crippen molar-refractivity contribution in [3.8, 4) is 0 Å². The molecule has 0 saturated carbocycles. The van der Waals surface area contributed by atoms with Crippen LogP contribution in [0.25, 0.3) is 6.08 Å². The highest BCUT2D eigenvalue weighted by Gasteiger charge is 2.40. The van der Waals surface area contributed by atoms with Gasteiger partial charge in [0.05, 0.1) is 7.11 Å². The molecule has 3 rings (SSSR count). The molecule has 24 heavy (non-hydrogen) atoms. The molecule has 0 amide bonds. The Morgan fingerprint density at radius 3 is 2.75 bits per heavy atom. The molecule has 0 aliphatic carbocycles. The quantitative estimate of drug-likeness (QED) is 0.784. The first-order valence-corrected chi connectivity index (χ1v) is 9.80. The Labute approximate surface area is 145 Å². The normalized spacial score (nSPS) is 18.5. The molecule has 0 saturated heterocycles. The number of methoxy groups -OCH3 is 1. The fourth-order valence-electron chi connectivity index (χ4n) is 2.73. The van der Waals surface area contributed by atoms with Gasteiger partial charge in [0.15, 0.2) is 0 Å². The van der Waals surface area contributed by atoms with Crippen LogP contribution < -0.4 is 0 Å². The molecule has 1 atom stereocenters. The lowest BCUT2D eigenvalue weighted by Gasteiger charge is -2.31. The lowest BCUT2D eigenvalue weighted by atomic mass is 10.0. The van der Waals surface area contributed by atoms with Crippen LogP contribution in [0.5, 0.6) is 0 Å². The molecule has 5 nitrogen and oxygen atoms in total. The number of carbonyl (C=O) groups excluding carboxylic acids is 1. The highest BCUT2D eigenvalue weighted by Crippen LogP contribution is 2.36. The molecule has 2 heterocycles. The number of ether oxygens (including phenoxy) is 1. The van der Waals surface area contributed by atoms with Gasteiger partial charge in [0, 0.05) is 16.8 Å². The van der Waals surface area contributed by atoms with Crippen LogP contribution in [0.3, 0.4) is 0 Å². The number of benzene rings is 1. The van der Waals surface area contributed by atoms with E-state index in [1.807, 2.05) is 35.7 Å². The summed E-state index contributed by atoms with van der Waals surface area (Å²) in [6, 6.07) is 10.0. The second kappa shape index (κ2) is 6.88. The topological polar surface area (TPSA) is 63.7 Å². The maximum absolute atomic E-state index is 12.8. The van der Waals surface area contributed by atoms with Gasteiger partial charge in [0.2, 0.25) is 10.0 Å². The average Bonchev–Trinajstić information content (AvgIpc) is 3.08. The van der Waals surface area contributed by atoms with Crippen molar-refractivity contribution >= 4 is 33.4 Å². The standard InChI is InChI=1S/C17H17NO4S2/c1-22-17(19)16-14-8-11-23-15(14)7-10-18(16)24(20,21)12-9-13-5-3-2-4-6-13/h2-6,8-9,11-12,16H,7,10H2,1H3/b12-9+/t16-/m1/s1. The first kappa shape index (κ1) is 16.9. The van der Waals surface area contributed by atoms with Gasteiger partial charge in [-0.3, -0.25) is 0 Å². The molecule has 0 radical (unpaired) electrons. The van der Waals surface area contributed by atoms with Gasteiger partial charge >= 0.3 is 5.97 Å². The molecular formula is C17H17NO4S2. The molecule has 7 heteroatoms. The SMILES string of the molecule is COC(=O)[C@H]1c2ccsc2CCN1S(=O)(=O)/C=C/c1ccccc1. The van der Waals surface area contributed by atoms with Crippen LogP contribution >= 0.6 is 11.3 Å². The van der Waals surface area contributed by atoms with E-state index in [0.717, 1.165) is 21.4 Å². The van der Waals surface area contributed by atoms with E-state index in [1.54, 1.807) is 6.07 Å². The molecule has 2 aromatic rings. The van der Waals surface area contributed by atoms with E-state index in [9.17, 15) is 13.2 Å². The number of esters is 1. The van der Waals surface area contributed by atoms with E-state index in [1.165, 1.54) is 28.8 Å². The summed E-state index contributed by atoms with van der Waals surface area (Å²) in [5.41, 5.74) is 1.50. The Bertz CT molecular complexity index is 856. The second-order valence-electron chi connectivity index (χ2n) is 5.34. The van der Waals surface area contributed by atoms with E-state index in [4.69, 9.17) is 4.74 Å². The zero-order chi connectivity index (χ0) is 17.2. The number of carbonyl (C=O) groups is 1. The molecule has 0 fully saturated rings. The van der Waals surface area contributed by atoms with E-state index < -0.39 is 22.0 Å². The largest absolute Gasteiger partial charge is 0.468 e. The molecule has 0 N–H and O–H groups in total. The molecule has 1 aromatic heterocycles. The van der Waals surface area contributed by atoms with Crippen molar-refractivity contribution in [2.75, 3.05) is 13.7 Å². The van der Waals surface area contributed by atoms with Crippen molar-refractivity contribution in [1.29, 1.82) is 0 Å². The second-order valence-corrected chi connectivity index (χ2v) is 8.12. The number of thiophene rings is 1. The summed E-state index contributed by atoms with van der Waals surface area (Å²) < 4.78 is 31.6. The summed E-state index contributed by atoms with van der Waals surface area (Å²) in [6.07, 6.45) is 2.13. The highest BCUT2D eigenvalue weighted by atomic mass is 32.2. The lowest BCUT2D eigenvalue weighted by molar-refractivity contribution is -0.145. The van der Waals surface area contributed by atoms with Crippen LogP contribution in [0.4, 0.5) is 0 Å². The van der Waals surface area contributed by atoms with Crippen LogP contribution in [-0.4, -0.2) is 32.3 Å². The van der Waals surface area contributed by atoms with Gasteiger partial charge in [0.25, 0.3) is 0 Å². The third-order valence-electron chi connectivity index (χ3n) is 3.91. The highest BCUT2D eigenvalue weighted by molar-refractivity contribution is 7.92. The minimum absolute atomic E-state index is 0.259. The summed E-state index contributed by atoms with van der Waals surface area (Å²) in [4.78, 5) is 13.2. The molecular weight excluding hydrogens is 346 g/mol. The number of hydrogen-bond acceptors (Lipinski definition) is 5. The summed E-state index contributed by atoms with van der Waals surface area (Å²) in [5, 5.41) is 3.02. The van der Waals surface area contributed by atoms with Crippen molar-refractivity contribution in [2.24, 2.45) is 0 Å². The Kier molecular flexibility index (Phi) is 4.84. The maximum atomic E-state index is 12.8. The molecule has 0 spiro atoms. The number of sulfonamides is 1. The van der Waals surface area contributed by atoms with Gasteiger partial charge in [-0.25, -0.2) is 13.2 Å². The predicted molar refractivity (Wildman–Crippen MR) is 93.9 cm³/mol. The van der Waals surface area contributed by atoms with Gasteiger partial charge in [-0.15, -0.1) is 11.3 Å². The van der Waals surface area contributed by atoms with Crippen LogP contribution in [0, 0.1) is 0 Å². The molecule has 1 aliphatic heterocycles. The Morgan fingerprint density at radius 1 is 1.29 bits per heavy atom.